The molecule has 26 heavy (non-hydrogen) atoms. The highest BCUT2D eigenvalue weighted by atomic mass is 19.4. The molecular formula is C18H14F3N3O2. The first kappa shape index (κ1) is 16.6. The number of ketones is 1. The second kappa shape index (κ2) is 6.12. The number of fused-ring (bicyclic) bond motifs is 1. The first-order valence-corrected chi connectivity index (χ1v) is 8.13. The number of ether oxygens (including phenoxy) is 1. The van der Waals surface area contributed by atoms with E-state index in [2.05, 4.69) is 14.8 Å². The van der Waals surface area contributed by atoms with Crippen LogP contribution in [-0.2, 0) is 11.2 Å². The van der Waals surface area contributed by atoms with Crippen LogP contribution in [-0.4, -0.2) is 26.7 Å². The minimum absolute atomic E-state index is 0.141. The number of aromatic nitrogens is 3. The van der Waals surface area contributed by atoms with Gasteiger partial charge in [-0.05, 0) is 49.2 Å². The number of nitrogens with zero attached hydrogens (tertiary/aromatic N) is 3. The van der Waals surface area contributed by atoms with E-state index in [9.17, 15) is 18.0 Å². The van der Waals surface area contributed by atoms with Gasteiger partial charge in [-0.25, -0.2) is 9.50 Å². The summed E-state index contributed by atoms with van der Waals surface area (Å²) in [5.74, 6) is 0.451. The van der Waals surface area contributed by atoms with Crippen molar-refractivity contribution >= 4 is 11.4 Å². The molecule has 0 bridgehead atoms. The Morgan fingerprint density at radius 1 is 1.15 bits per heavy atom. The molecule has 0 amide bonds. The number of halogens is 3. The van der Waals surface area contributed by atoms with Crippen molar-refractivity contribution in [1.82, 2.24) is 14.6 Å². The Balaban J connectivity index is 1.63. The average Bonchev–Trinajstić information content (AvgIpc) is 3.34. The van der Waals surface area contributed by atoms with Crippen LogP contribution in [0, 0.1) is 5.92 Å². The Hall–Kier alpha value is -2.90. The van der Waals surface area contributed by atoms with Gasteiger partial charge in [-0.2, -0.15) is 5.10 Å². The lowest BCUT2D eigenvalue weighted by atomic mass is 10.1. The molecule has 1 saturated carbocycles. The Morgan fingerprint density at radius 3 is 2.54 bits per heavy atom. The second-order valence-corrected chi connectivity index (χ2v) is 6.20. The van der Waals surface area contributed by atoms with E-state index in [4.69, 9.17) is 0 Å². The van der Waals surface area contributed by atoms with Gasteiger partial charge in [0.2, 0.25) is 0 Å². The smallest absolute Gasteiger partial charge is 0.406 e. The Bertz CT molecular complexity index is 960. The molecule has 1 aliphatic rings. The predicted molar refractivity (Wildman–Crippen MR) is 86.5 cm³/mol. The molecule has 2 aromatic heterocycles. The SMILES string of the molecule is O=C(Cc1nc2cccc(-c3ccc(OC(F)(F)F)cc3)n2n1)C1CC1. The summed E-state index contributed by atoms with van der Waals surface area (Å²) >= 11 is 0. The van der Waals surface area contributed by atoms with Crippen molar-refractivity contribution in [2.24, 2.45) is 5.92 Å². The molecular weight excluding hydrogens is 347 g/mol. The number of benzene rings is 1. The monoisotopic (exact) mass is 361 g/mol. The molecule has 1 aromatic carbocycles. The van der Waals surface area contributed by atoms with Gasteiger partial charge in [0.15, 0.2) is 11.5 Å². The summed E-state index contributed by atoms with van der Waals surface area (Å²) in [7, 11) is 0. The highest BCUT2D eigenvalue weighted by Gasteiger charge is 2.31. The van der Waals surface area contributed by atoms with Crippen LogP contribution in [0.1, 0.15) is 18.7 Å². The maximum Gasteiger partial charge on any atom is 0.573 e. The van der Waals surface area contributed by atoms with Gasteiger partial charge in [-0.15, -0.1) is 13.2 Å². The number of carbonyl (C=O) groups excluding carboxylic acids is 1. The standard InChI is InChI=1S/C18H14F3N3O2/c19-18(20,21)26-13-8-6-11(7-9-13)14-2-1-3-17-22-16(23-24(14)17)10-15(25)12-4-5-12/h1-3,6-9,12H,4-5,10H2. The third kappa shape index (κ3) is 3.54. The zero-order valence-corrected chi connectivity index (χ0v) is 13.5. The van der Waals surface area contributed by atoms with Crippen molar-refractivity contribution in [2.45, 2.75) is 25.6 Å². The third-order valence-corrected chi connectivity index (χ3v) is 4.15. The molecule has 1 fully saturated rings. The van der Waals surface area contributed by atoms with E-state index in [-0.39, 0.29) is 23.9 Å². The zero-order chi connectivity index (χ0) is 18.3. The van der Waals surface area contributed by atoms with Gasteiger partial charge in [0.05, 0.1) is 12.1 Å². The molecule has 1 aliphatic carbocycles. The molecule has 134 valence electrons. The maximum atomic E-state index is 12.3. The number of carbonyl (C=O) groups is 1. The lowest BCUT2D eigenvalue weighted by Crippen LogP contribution is -2.16. The van der Waals surface area contributed by atoms with Crippen molar-refractivity contribution in [1.29, 1.82) is 0 Å². The van der Waals surface area contributed by atoms with Gasteiger partial charge < -0.3 is 4.74 Å². The highest BCUT2D eigenvalue weighted by Crippen LogP contribution is 2.31. The summed E-state index contributed by atoms with van der Waals surface area (Å²) in [6.45, 7) is 0. The van der Waals surface area contributed by atoms with E-state index in [0.717, 1.165) is 12.8 Å². The van der Waals surface area contributed by atoms with Crippen LogP contribution in [0.25, 0.3) is 16.9 Å². The Kier molecular flexibility index (Phi) is 3.90. The first-order chi connectivity index (χ1) is 12.4. The van der Waals surface area contributed by atoms with E-state index < -0.39 is 6.36 Å². The average molecular weight is 361 g/mol. The molecule has 0 aliphatic heterocycles. The predicted octanol–water partition coefficient (Wildman–Crippen LogP) is 3.82. The molecule has 0 saturated heterocycles. The normalized spacial score (nSPS) is 14.6. The first-order valence-electron chi connectivity index (χ1n) is 8.13. The molecule has 0 radical (unpaired) electrons. The zero-order valence-electron chi connectivity index (χ0n) is 13.5. The van der Waals surface area contributed by atoms with Crippen LogP contribution < -0.4 is 4.74 Å². The molecule has 5 nitrogen and oxygen atoms in total. The van der Waals surface area contributed by atoms with Gasteiger partial charge >= 0.3 is 6.36 Å². The number of hydrogen-bond acceptors (Lipinski definition) is 4. The number of Topliss-reactive ketones (excluding diaryl/α,β-unsaturated/α-hetero) is 1. The molecule has 3 aromatic rings. The van der Waals surface area contributed by atoms with Gasteiger partial charge in [-0.1, -0.05) is 6.07 Å². The van der Waals surface area contributed by atoms with Gasteiger partial charge in [-0.3, -0.25) is 4.79 Å². The van der Waals surface area contributed by atoms with E-state index in [1.165, 1.54) is 24.3 Å². The van der Waals surface area contributed by atoms with Crippen molar-refractivity contribution in [3.05, 3.63) is 48.3 Å². The highest BCUT2D eigenvalue weighted by molar-refractivity contribution is 5.84. The minimum atomic E-state index is -4.73. The number of hydrogen-bond donors (Lipinski definition) is 0. The quantitative estimate of drug-likeness (QED) is 0.693. The fourth-order valence-electron chi connectivity index (χ4n) is 2.78. The fourth-order valence-corrected chi connectivity index (χ4v) is 2.78. The summed E-state index contributed by atoms with van der Waals surface area (Å²) < 4.78 is 42.3. The van der Waals surface area contributed by atoms with Crippen molar-refractivity contribution in [3.8, 4) is 17.0 Å². The van der Waals surface area contributed by atoms with E-state index in [0.29, 0.717) is 22.7 Å². The van der Waals surface area contributed by atoms with Crippen molar-refractivity contribution in [3.63, 3.8) is 0 Å². The summed E-state index contributed by atoms with van der Waals surface area (Å²) in [4.78, 5) is 16.3. The van der Waals surface area contributed by atoms with E-state index in [1.54, 1.807) is 22.7 Å². The third-order valence-electron chi connectivity index (χ3n) is 4.15. The van der Waals surface area contributed by atoms with Crippen LogP contribution in [0.15, 0.2) is 42.5 Å². The lowest BCUT2D eigenvalue weighted by Gasteiger charge is -2.09. The summed E-state index contributed by atoms with van der Waals surface area (Å²) in [5.41, 5.74) is 1.91. The van der Waals surface area contributed by atoms with Gasteiger partial charge in [0.25, 0.3) is 0 Å². The summed E-state index contributed by atoms with van der Waals surface area (Å²) in [6.07, 6.45) is -2.66. The van der Waals surface area contributed by atoms with Crippen LogP contribution in [0.2, 0.25) is 0 Å². The topological polar surface area (TPSA) is 56.5 Å². The van der Waals surface area contributed by atoms with Crippen LogP contribution in [0.4, 0.5) is 13.2 Å². The van der Waals surface area contributed by atoms with Gasteiger partial charge in [0, 0.05) is 11.5 Å². The number of pyridine rings is 1. The second-order valence-electron chi connectivity index (χ2n) is 6.20. The fraction of sp³-hybridized carbons (Fsp3) is 0.278. The largest absolute Gasteiger partial charge is 0.573 e. The summed E-state index contributed by atoms with van der Waals surface area (Å²) in [5, 5.41) is 4.39. The Morgan fingerprint density at radius 2 is 1.88 bits per heavy atom. The Labute approximate surface area is 146 Å². The minimum Gasteiger partial charge on any atom is -0.406 e. The summed E-state index contributed by atoms with van der Waals surface area (Å²) in [6, 6.07) is 10.9. The molecule has 0 unspecified atom stereocenters. The van der Waals surface area contributed by atoms with Gasteiger partial charge in [0.1, 0.15) is 11.5 Å². The van der Waals surface area contributed by atoms with E-state index in [1.807, 2.05) is 0 Å². The molecule has 4 rings (SSSR count). The lowest BCUT2D eigenvalue weighted by molar-refractivity contribution is -0.274. The van der Waals surface area contributed by atoms with Crippen LogP contribution in [0.5, 0.6) is 5.75 Å². The van der Waals surface area contributed by atoms with Crippen LogP contribution in [0.3, 0.4) is 0 Å². The molecule has 2 heterocycles. The molecule has 0 atom stereocenters. The van der Waals surface area contributed by atoms with Crippen LogP contribution >= 0.6 is 0 Å². The van der Waals surface area contributed by atoms with Crippen molar-refractivity contribution < 1.29 is 22.7 Å². The maximum absolute atomic E-state index is 12.3. The van der Waals surface area contributed by atoms with E-state index >= 15 is 0 Å². The molecule has 0 spiro atoms. The molecule has 8 heteroatoms. The molecule has 0 N–H and O–H groups in total. The van der Waals surface area contributed by atoms with Crippen molar-refractivity contribution in [2.75, 3.05) is 0 Å². The number of alkyl halides is 3. The number of rotatable bonds is 5.